The molecule has 1 amide bonds. The van der Waals surface area contributed by atoms with Gasteiger partial charge in [-0.25, -0.2) is 4.39 Å². The average Bonchev–Trinajstić information content (AvgIpc) is 2.19. The molecule has 0 saturated carbocycles. The molecule has 5 heteroatoms. The SMILES string of the molecule is CN(C)C(=O)C(N)c1cc(Br)ccc1F. The number of likely N-dealkylation sites (N-methyl/N-ethyl adjacent to an activating group) is 1. The maximum Gasteiger partial charge on any atom is 0.243 e. The first-order valence-electron chi connectivity index (χ1n) is 4.35. The van der Waals surface area contributed by atoms with Gasteiger partial charge in [-0.2, -0.15) is 0 Å². The number of benzene rings is 1. The molecule has 0 aliphatic carbocycles. The monoisotopic (exact) mass is 274 g/mol. The van der Waals surface area contributed by atoms with Crippen molar-refractivity contribution in [1.29, 1.82) is 0 Å². The first kappa shape index (κ1) is 12.1. The van der Waals surface area contributed by atoms with E-state index in [0.717, 1.165) is 0 Å². The number of nitrogens with zero attached hydrogens (tertiary/aromatic N) is 1. The van der Waals surface area contributed by atoms with E-state index in [1.807, 2.05) is 0 Å². The van der Waals surface area contributed by atoms with Crippen LogP contribution in [0.1, 0.15) is 11.6 Å². The third-order valence-corrected chi connectivity index (χ3v) is 2.49. The number of carbonyl (C=O) groups excluding carboxylic acids is 1. The van der Waals surface area contributed by atoms with E-state index in [9.17, 15) is 9.18 Å². The van der Waals surface area contributed by atoms with E-state index < -0.39 is 11.9 Å². The van der Waals surface area contributed by atoms with Gasteiger partial charge in [-0.15, -0.1) is 0 Å². The molecule has 0 spiro atoms. The molecule has 0 aromatic heterocycles. The minimum Gasteiger partial charge on any atom is -0.347 e. The van der Waals surface area contributed by atoms with Gasteiger partial charge in [0.25, 0.3) is 0 Å². The Morgan fingerprint density at radius 1 is 1.53 bits per heavy atom. The van der Waals surface area contributed by atoms with E-state index in [-0.39, 0.29) is 11.5 Å². The number of amides is 1. The normalized spacial score (nSPS) is 12.3. The minimum absolute atomic E-state index is 0.197. The van der Waals surface area contributed by atoms with Crippen LogP contribution in [-0.2, 0) is 4.79 Å². The number of rotatable bonds is 2. The summed E-state index contributed by atoms with van der Waals surface area (Å²) in [5.41, 5.74) is 5.85. The van der Waals surface area contributed by atoms with Crippen molar-refractivity contribution in [3.63, 3.8) is 0 Å². The Balaban J connectivity index is 3.05. The van der Waals surface area contributed by atoms with E-state index in [1.54, 1.807) is 20.2 Å². The van der Waals surface area contributed by atoms with Gasteiger partial charge in [0.15, 0.2) is 0 Å². The highest BCUT2D eigenvalue weighted by Gasteiger charge is 2.20. The summed E-state index contributed by atoms with van der Waals surface area (Å²) in [6.45, 7) is 0. The summed E-state index contributed by atoms with van der Waals surface area (Å²) < 4.78 is 14.1. The quantitative estimate of drug-likeness (QED) is 0.892. The lowest BCUT2D eigenvalue weighted by Crippen LogP contribution is -2.33. The minimum atomic E-state index is -0.961. The van der Waals surface area contributed by atoms with Crippen molar-refractivity contribution in [1.82, 2.24) is 4.90 Å². The predicted molar refractivity (Wildman–Crippen MR) is 59.7 cm³/mol. The zero-order chi connectivity index (χ0) is 11.6. The van der Waals surface area contributed by atoms with E-state index in [4.69, 9.17) is 5.73 Å². The molecule has 1 rings (SSSR count). The summed E-state index contributed by atoms with van der Waals surface area (Å²) in [6, 6.07) is 3.40. The Morgan fingerprint density at radius 2 is 2.13 bits per heavy atom. The molecule has 3 nitrogen and oxygen atoms in total. The van der Waals surface area contributed by atoms with Crippen molar-refractivity contribution in [3.8, 4) is 0 Å². The number of carbonyl (C=O) groups is 1. The van der Waals surface area contributed by atoms with E-state index in [2.05, 4.69) is 15.9 Å². The van der Waals surface area contributed by atoms with Gasteiger partial charge in [-0.05, 0) is 18.2 Å². The van der Waals surface area contributed by atoms with Crippen LogP contribution in [0.5, 0.6) is 0 Å². The fourth-order valence-electron chi connectivity index (χ4n) is 1.16. The highest BCUT2D eigenvalue weighted by Crippen LogP contribution is 2.21. The predicted octanol–water partition coefficient (Wildman–Crippen LogP) is 1.68. The van der Waals surface area contributed by atoms with Crippen LogP contribution in [0.3, 0.4) is 0 Å². The molecular formula is C10H12BrFN2O. The molecule has 0 bridgehead atoms. The summed E-state index contributed by atoms with van der Waals surface area (Å²) in [7, 11) is 3.16. The zero-order valence-electron chi connectivity index (χ0n) is 8.50. The van der Waals surface area contributed by atoms with Crippen LogP contribution in [0.25, 0.3) is 0 Å². The molecule has 0 radical (unpaired) electrons. The Bertz CT molecular complexity index is 382. The fourth-order valence-corrected chi connectivity index (χ4v) is 1.54. The lowest BCUT2D eigenvalue weighted by molar-refractivity contribution is -0.130. The smallest absolute Gasteiger partial charge is 0.243 e. The van der Waals surface area contributed by atoms with E-state index >= 15 is 0 Å². The Kier molecular flexibility index (Phi) is 3.82. The first-order valence-corrected chi connectivity index (χ1v) is 5.14. The van der Waals surface area contributed by atoms with Crippen molar-refractivity contribution < 1.29 is 9.18 Å². The summed E-state index contributed by atoms with van der Waals surface area (Å²) >= 11 is 3.20. The molecule has 15 heavy (non-hydrogen) atoms. The van der Waals surface area contributed by atoms with Crippen LogP contribution < -0.4 is 5.73 Å². The number of hydrogen-bond donors (Lipinski definition) is 1. The Hall–Kier alpha value is -0.940. The van der Waals surface area contributed by atoms with Crippen LogP contribution in [0, 0.1) is 5.82 Å². The molecular weight excluding hydrogens is 263 g/mol. The van der Waals surface area contributed by atoms with Gasteiger partial charge in [0.1, 0.15) is 11.9 Å². The van der Waals surface area contributed by atoms with Crippen molar-refractivity contribution in [2.45, 2.75) is 6.04 Å². The summed E-state index contributed by atoms with van der Waals surface area (Å²) in [5.74, 6) is -0.798. The Morgan fingerprint density at radius 3 is 2.67 bits per heavy atom. The van der Waals surface area contributed by atoms with Gasteiger partial charge in [-0.1, -0.05) is 15.9 Å². The topological polar surface area (TPSA) is 46.3 Å². The maximum atomic E-state index is 13.4. The zero-order valence-corrected chi connectivity index (χ0v) is 10.1. The van der Waals surface area contributed by atoms with Crippen LogP contribution in [-0.4, -0.2) is 24.9 Å². The highest BCUT2D eigenvalue weighted by molar-refractivity contribution is 9.10. The van der Waals surface area contributed by atoms with Gasteiger partial charge in [0, 0.05) is 24.1 Å². The molecule has 1 aromatic rings. The molecule has 0 saturated heterocycles. The largest absolute Gasteiger partial charge is 0.347 e. The molecule has 1 atom stereocenters. The fraction of sp³-hybridized carbons (Fsp3) is 0.300. The molecule has 0 aliphatic heterocycles. The lowest BCUT2D eigenvalue weighted by Gasteiger charge is -2.17. The van der Waals surface area contributed by atoms with Gasteiger partial charge in [0.2, 0.25) is 5.91 Å². The molecule has 2 N–H and O–H groups in total. The second-order valence-corrected chi connectivity index (χ2v) is 4.29. The average molecular weight is 275 g/mol. The summed E-state index contributed by atoms with van der Waals surface area (Å²) in [6.07, 6.45) is 0. The number of nitrogens with two attached hydrogens (primary N) is 1. The molecule has 0 fully saturated rings. The number of halogens is 2. The molecule has 1 unspecified atom stereocenters. The van der Waals surface area contributed by atoms with Crippen LogP contribution in [0.4, 0.5) is 4.39 Å². The maximum absolute atomic E-state index is 13.4. The molecule has 1 aromatic carbocycles. The summed E-state index contributed by atoms with van der Waals surface area (Å²) in [5, 5.41) is 0. The van der Waals surface area contributed by atoms with Crippen molar-refractivity contribution in [2.75, 3.05) is 14.1 Å². The Labute approximate surface area is 96.2 Å². The molecule has 82 valence electrons. The van der Waals surface area contributed by atoms with Gasteiger partial charge in [-0.3, -0.25) is 4.79 Å². The standard InChI is InChI=1S/C10H12BrFN2O/c1-14(2)10(15)9(13)7-5-6(11)3-4-8(7)12/h3-5,9H,13H2,1-2H3. The molecule has 0 aliphatic rings. The van der Waals surface area contributed by atoms with Crippen LogP contribution in [0.2, 0.25) is 0 Å². The van der Waals surface area contributed by atoms with Gasteiger partial charge >= 0.3 is 0 Å². The number of hydrogen-bond acceptors (Lipinski definition) is 2. The summed E-state index contributed by atoms with van der Waals surface area (Å²) in [4.78, 5) is 12.9. The third kappa shape index (κ3) is 2.76. The van der Waals surface area contributed by atoms with Gasteiger partial charge in [0.05, 0.1) is 0 Å². The second-order valence-electron chi connectivity index (χ2n) is 3.38. The van der Waals surface area contributed by atoms with Crippen LogP contribution >= 0.6 is 15.9 Å². The third-order valence-electron chi connectivity index (χ3n) is 2.00. The first-order chi connectivity index (χ1) is 6.93. The van der Waals surface area contributed by atoms with E-state index in [1.165, 1.54) is 17.0 Å². The lowest BCUT2D eigenvalue weighted by atomic mass is 10.1. The highest BCUT2D eigenvalue weighted by atomic mass is 79.9. The van der Waals surface area contributed by atoms with Crippen molar-refractivity contribution >= 4 is 21.8 Å². The van der Waals surface area contributed by atoms with E-state index in [0.29, 0.717) is 4.47 Å². The van der Waals surface area contributed by atoms with Crippen molar-refractivity contribution in [3.05, 3.63) is 34.1 Å². The van der Waals surface area contributed by atoms with Gasteiger partial charge < -0.3 is 10.6 Å². The van der Waals surface area contributed by atoms with Crippen molar-refractivity contribution in [2.24, 2.45) is 5.73 Å². The van der Waals surface area contributed by atoms with Crippen LogP contribution in [0.15, 0.2) is 22.7 Å². The molecule has 0 heterocycles. The second kappa shape index (κ2) is 4.72.